The fourth-order valence-electron chi connectivity index (χ4n) is 4.85. The fraction of sp³-hybridized carbons (Fsp3) is 0.375. The van der Waals surface area contributed by atoms with Crippen molar-refractivity contribution in [3.8, 4) is 17.6 Å². The van der Waals surface area contributed by atoms with Gasteiger partial charge in [-0.2, -0.15) is 10.2 Å². The molecule has 3 aromatic carbocycles. The van der Waals surface area contributed by atoms with E-state index >= 15 is 4.39 Å². The topological polar surface area (TPSA) is 34.0 Å². The second-order valence-electron chi connectivity index (χ2n) is 9.51. The first-order chi connectivity index (χ1) is 18.0. The van der Waals surface area contributed by atoms with Gasteiger partial charge in [-0.25, -0.2) is 8.78 Å². The number of unbranched alkanes of at least 4 members (excludes halogenated alkanes) is 1. The molecule has 4 rings (SSSR count). The second-order valence-corrected chi connectivity index (χ2v) is 9.51. The summed E-state index contributed by atoms with van der Waals surface area (Å²) in [6.07, 6.45) is 6.50. The summed E-state index contributed by atoms with van der Waals surface area (Å²) in [6.45, 7) is 6.74. The minimum atomic E-state index is -0.571. The summed E-state index contributed by atoms with van der Waals surface area (Å²) in [4.78, 5) is 0. The molecule has 0 N–H and O–H groups in total. The molecule has 1 atom stereocenters. The first-order valence-electron chi connectivity index (χ1n) is 13.3. The van der Waals surface area contributed by atoms with Crippen LogP contribution in [0.1, 0.15) is 74.3 Å². The lowest BCUT2D eigenvalue weighted by atomic mass is 9.80. The molecule has 0 aromatic heterocycles. The minimum absolute atomic E-state index is 0.132. The van der Waals surface area contributed by atoms with Crippen molar-refractivity contribution in [1.29, 1.82) is 0 Å². The number of azo groups is 1. The van der Waals surface area contributed by atoms with E-state index in [0.29, 0.717) is 36.6 Å². The Bertz CT molecular complexity index is 1320. The van der Waals surface area contributed by atoms with Gasteiger partial charge in [-0.1, -0.05) is 45.0 Å². The van der Waals surface area contributed by atoms with Gasteiger partial charge in [0.25, 0.3) is 0 Å². The van der Waals surface area contributed by atoms with Gasteiger partial charge in [0.2, 0.25) is 0 Å². The summed E-state index contributed by atoms with van der Waals surface area (Å²) in [5.74, 6) is 6.05. The van der Waals surface area contributed by atoms with Crippen LogP contribution in [0.3, 0.4) is 0 Å². The second kappa shape index (κ2) is 12.6. The largest absolute Gasteiger partial charge is 0.494 e. The van der Waals surface area contributed by atoms with E-state index in [9.17, 15) is 4.39 Å². The van der Waals surface area contributed by atoms with Crippen LogP contribution in [0.2, 0.25) is 0 Å². The zero-order chi connectivity index (χ0) is 26.2. The molecule has 1 aliphatic carbocycles. The Morgan fingerprint density at radius 3 is 2.43 bits per heavy atom. The van der Waals surface area contributed by atoms with Gasteiger partial charge in [0.05, 0.1) is 23.5 Å². The third-order valence-electron chi connectivity index (χ3n) is 6.91. The molecule has 3 nitrogen and oxygen atoms in total. The first-order valence-corrected chi connectivity index (χ1v) is 13.3. The predicted octanol–water partition coefficient (Wildman–Crippen LogP) is 9.04. The van der Waals surface area contributed by atoms with Crippen LogP contribution in [0, 0.1) is 29.4 Å². The van der Waals surface area contributed by atoms with Crippen LogP contribution in [0.4, 0.5) is 20.2 Å². The summed E-state index contributed by atoms with van der Waals surface area (Å²) in [6, 6.07) is 14.5. The molecule has 0 fully saturated rings. The van der Waals surface area contributed by atoms with Crippen molar-refractivity contribution in [2.75, 3.05) is 6.61 Å². The molecule has 1 unspecified atom stereocenters. The normalized spacial score (nSPS) is 14.8. The number of ether oxygens (including phenoxy) is 1. The molecular formula is C32H34F2N2O. The molecule has 0 radical (unpaired) electrons. The first kappa shape index (κ1) is 26.5. The Hall–Kier alpha value is -3.52. The van der Waals surface area contributed by atoms with Gasteiger partial charge in [-0.05, 0) is 104 Å². The molecule has 0 amide bonds. The number of halogens is 2. The lowest BCUT2D eigenvalue weighted by molar-refractivity contribution is 0.340. The van der Waals surface area contributed by atoms with Crippen LogP contribution in [0.15, 0.2) is 58.8 Å². The number of hydrogen-bond acceptors (Lipinski definition) is 3. The Morgan fingerprint density at radius 2 is 1.70 bits per heavy atom. The number of nitrogens with zero attached hydrogens (tertiary/aromatic N) is 2. The van der Waals surface area contributed by atoms with E-state index in [2.05, 4.69) is 29.0 Å². The molecule has 0 saturated heterocycles. The predicted molar refractivity (Wildman–Crippen MR) is 145 cm³/mol. The highest BCUT2D eigenvalue weighted by Gasteiger charge is 2.24. The molecule has 1 aliphatic rings. The van der Waals surface area contributed by atoms with Crippen molar-refractivity contribution in [2.45, 2.75) is 65.7 Å². The van der Waals surface area contributed by atoms with Crippen molar-refractivity contribution in [1.82, 2.24) is 0 Å². The molecular weight excluding hydrogens is 466 g/mol. The SMILES string of the molecule is CCCCC1CCc2c(cc(F)c(C#Cc3ccc(N=Nc4ccc(OCC)cc4)cc3CC)c2F)C1. The Kier molecular flexibility index (Phi) is 9.06. The van der Waals surface area contributed by atoms with Crippen molar-refractivity contribution in [3.05, 3.63) is 88.0 Å². The number of aryl methyl sites for hydroxylation is 1. The van der Waals surface area contributed by atoms with Crippen LogP contribution in [-0.4, -0.2) is 6.61 Å². The molecule has 0 saturated carbocycles. The summed E-state index contributed by atoms with van der Waals surface area (Å²) < 4.78 is 35.7. The van der Waals surface area contributed by atoms with Crippen LogP contribution < -0.4 is 4.74 Å². The average molecular weight is 501 g/mol. The van der Waals surface area contributed by atoms with Crippen LogP contribution in [0.25, 0.3) is 0 Å². The monoisotopic (exact) mass is 500 g/mol. The zero-order valence-electron chi connectivity index (χ0n) is 21.9. The van der Waals surface area contributed by atoms with Crippen LogP contribution in [0.5, 0.6) is 5.75 Å². The molecule has 3 aromatic rings. The molecule has 192 valence electrons. The Morgan fingerprint density at radius 1 is 0.946 bits per heavy atom. The highest BCUT2D eigenvalue weighted by atomic mass is 19.1. The maximum absolute atomic E-state index is 15.3. The highest BCUT2D eigenvalue weighted by molar-refractivity contribution is 5.54. The minimum Gasteiger partial charge on any atom is -0.494 e. The Balaban J connectivity index is 1.53. The molecule has 0 bridgehead atoms. The fourth-order valence-corrected chi connectivity index (χ4v) is 4.85. The van der Waals surface area contributed by atoms with E-state index in [1.807, 2.05) is 56.3 Å². The van der Waals surface area contributed by atoms with Gasteiger partial charge in [-0.15, -0.1) is 0 Å². The third-order valence-corrected chi connectivity index (χ3v) is 6.91. The van der Waals surface area contributed by atoms with Gasteiger partial charge in [0.15, 0.2) is 0 Å². The van der Waals surface area contributed by atoms with Gasteiger partial charge in [0.1, 0.15) is 17.4 Å². The van der Waals surface area contributed by atoms with E-state index in [1.54, 1.807) is 0 Å². The third kappa shape index (κ3) is 6.63. The quantitative estimate of drug-likeness (QED) is 0.224. The molecule has 0 heterocycles. The van der Waals surface area contributed by atoms with Gasteiger partial charge >= 0.3 is 0 Å². The molecule has 5 heteroatoms. The standard InChI is InChI=1S/C32H34F2N2O/c1-4-7-8-22-9-17-29-25(19-22)21-31(33)30(32(29)34)18-11-24-10-12-27(20-23(24)5-2)36-35-26-13-15-28(16-14-26)37-6-3/h10,12-16,20-22H,4-9,17,19H2,1-3H3. The van der Waals surface area contributed by atoms with Gasteiger partial charge in [0, 0.05) is 5.56 Å². The van der Waals surface area contributed by atoms with Crippen molar-refractivity contribution < 1.29 is 13.5 Å². The number of benzene rings is 3. The van der Waals surface area contributed by atoms with Gasteiger partial charge < -0.3 is 4.74 Å². The van der Waals surface area contributed by atoms with E-state index in [0.717, 1.165) is 60.2 Å². The number of hydrogen-bond donors (Lipinski definition) is 0. The maximum atomic E-state index is 15.3. The number of fused-ring (bicyclic) bond motifs is 1. The van der Waals surface area contributed by atoms with E-state index in [1.165, 1.54) is 6.07 Å². The average Bonchev–Trinajstić information content (AvgIpc) is 2.91. The van der Waals surface area contributed by atoms with Crippen molar-refractivity contribution in [3.63, 3.8) is 0 Å². The van der Waals surface area contributed by atoms with Crippen LogP contribution in [-0.2, 0) is 19.3 Å². The molecule has 0 aliphatic heterocycles. The molecule has 0 spiro atoms. The van der Waals surface area contributed by atoms with E-state index in [4.69, 9.17) is 4.74 Å². The smallest absolute Gasteiger partial charge is 0.145 e. The van der Waals surface area contributed by atoms with E-state index in [-0.39, 0.29) is 5.56 Å². The summed E-state index contributed by atoms with van der Waals surface area (Å²) in [5, 5.41) is 8.63. The lowest BCUT2D eigenvalue weighted by Crippen LogP contribution is -2.17. The molecule has 37 heavy (non-hydrogen) atoms. The summed E-state index contributed by atoms with van der Waals surface area (Å²) in [7, 11) is 0. The zero-order valence-corrected chi connectivity index (χ0v) is 21.9. The Labute approximate surface area is 219 Å². The number of rotatable bonds is 8. The van der Waals surface area contributed by atoms with Gasteiger partial charge in [-0.3, -0.25) is 0 Å². The van der Waals surface area contributed by atoms with Crippen molar-refractivity contribution >= 4 is 11.4 Å². The maximum Gasteiger partial charge on any atom is 0.145 e. The summed E-state index contributed by atoms with van der Waals surface area (Å²) >= 11 is 0. The van der Waals surface area contributed by atoms with Crippen LogP contribution >= 0.6 is 0 Å². The highest BCUT2D eigenvalue weighted by Crippen LogP contribution is 2.33. The summed E-state index contributed by atoms with van der Waals surface area (Å²) in [5.41, 5.74) is 4.42. The lowest BCUT2D eigenvalue weighted by Gasteiger charge is -2.25. The van der Waals surface area contributed by atoms with E-state index < -0.39 is 11.6 Å². The van der Waals surface area contributed by atoms with Crippen molar-refractivity contribution in [2.24, 2.45) is 16.1 Å².